The van der Waals surface area contributed by atoms with E-state index in [1.807, 2.05) is 13.8 Å². The van der Waals surface area contributed by atoms with E-state index >= 15 is 0 Å². The van der Waals surface area contributed by atoms with Gasteiger partial charge in [0.2, 0.25) is 5.28 Å². The van der Waals surface area contributed by atoms with Crippen LogP contribution < -0.4 is 10.9 Å². The van der Waals surface area contributed by atoms with Crippen LogP contribution in [-0.4, -0.2) is 39.2 Å². The molecule has 154 valence electrons. The van der Waals surface area contributed by atoms with Gasteiger partial charge >= 0.3 is 0 Å². The molecule has 0 aliphatic carbocycles. The summed E-state index contributed by atoms with van der Waals surface area (Å²) in [6, 6.07) is 2.95. The Kier molecular flexibility index (Phi) is 5.85. The summed E-state index contributed by atoms with van der Waals surface area (Å²) in [5.41, 5.74) is 1.68. The molecular weight excluding hydrogens is 416 g/mol. The van der Waals surface area contributed by atoms with Crippen LogP contribution in [0.1, 0.15) is 37.7 Å². The lowest BCUT2D eigenvalue weighted by molar-refractivity contribution is 0.526. The lowest BCUT2D eigenvalue weighted by Gasteiger charge is -2.17. The molecule has 3 aromatic rings. The van der Waals surface area contributed by atoms with Crippen molar-refractivity contribution >= 4 is 38.4 Å². The van der Waals surface area contributed by atoms with Crippen LogP contribution in [0.2, 0.25) is 5.28 Å². The van der Waals surface area contributed by atoms with Crippen molar-refractivity contribution in [1.82, 2.24) is 24.5 Å². The SMILES string of the molecule is CC[C@H](C)n1c(=O)c(NCc2ccc(S(C)(=O)=O)cn2)nc2c(C)nc(Cl)nc21. The molecule has 0 aliphatic heterocycles. The summed E-state index contributed by atoms with van der Waals surface area (Å²) < 4.78 is 24.7. The van der Waals surface area contributed by atoms with Gasteiger partial charge in [0, 0.05) is 18.5 Å². The van der Waals surface area contributed by atoms with Crippen LogP contribution in [0, 0.1) is 6.92 Å². The number of aryl methyl sites for hydroxylation is 1. The summed E-state index contributed by atoms with van der Waals surface area (Å²) in [6.45, 7) is 5.84. The monoisotopic (exact) mass is 436 g/mol. The van der Waals surface area contributed by atoms with Crippen molar-refractivity contribution in [3.63, 3.8) is 0 Å². The number of halogens is 1. The van der Waals surface area contributed by atoms with Gasteiger partial charge < -0.3 is 5.32 Å². The van der Waals surface area contributed by atoms with E-state index in [-0.39, 0.29) is 34.1 Å². The van der Waals surface area contributed by atoms with E-state index in [4.69, 9.17) is 11.6 Å². The molecule has 0 saturated carbocycles. The minimum atomic E-state index is -3.32. The molecule has 0 radical (unpaired) electrons. The summed E-state index contributed by atoms with van der Waals surface area (Å²) in [6.07, 6.45) is 3.13. The van der Waals surface area contributed by atoms with E-state index in [0.717, 1.165) is 6.26 Å². The summed E-state index contributed by atoms with van der Waals surface area (Å²) in [7, 11) is -3.32. The third-order valence-electron chi connectivity index (χ3n) is 4.58. The highest BCUT2D eigenvalue weighted by Gasteiger charge is 2.18. The Labute approximate surface area is 173 Å². The van der Waals surface area contributed by atoms with Gasteiger partial charge in [-0.15, -0.1) is 0 Å². The van der Waals surface area contributed by atoms with Gasteiger partial charge in [-0.25, -0.2) is 18.4 Å². The van der Waals surface area contributed by atoms with Gasteiger partial charge in [0.25, 0.3) is 5.56 Å². The van der Waals surface area contributed by atoms with Crippen molar-refractivity contribution in [2.75, 3.05) is 11.6 Å². The molecule has 3 rings (SSSR count). The Bertz CT molecular complexity index is 1230. The van der Waals surface area contributed by atoms with Crippen LogP contribution in [0.3, 0.4) is 0 Å². The molecule has 0 fully saturated rings. The first kappa shape index (κ1) is 21.1. The van der Waals surface area contributed by atoms with Crippen molar-refractivity contribution in [2.24, 2.45) is 0 Å². The number of fused-ring (bicyclic) bond motifs is 1. The molecule has 0 bridgehead atoms. The molecule has 0 aliphatic rings. The second-order valence-electron chi connectivity index (χ2n) is 6.75. The van der Waals surface area contributed by atoms with Crippen molar-refractivity contribution < 1.29 is 8.42 Å². The quantitative estimate of drug-likeness (QED) is 0.585. The highest BCUT2D eigenvalue weighted by Crippen LogP contribution is 2.20. The molecule has 11 heteroatoms. The summed E-state index contributed by atoms with van der Waals surface area (Å²) in [5, 5.41) is 3.06. The van der Waals surface area contributed by atoms with Crippen LogP contribution in [0.5, 0.6) is 0 Å². The molecule has 0 saturated heterocycles. The largest absolute Gasteiger partial charge is 0.360 e. The molecule has 3 heterocycles. The van der Waals surface area contributed by atoms with Gasteiger partial charge in [-0.1, -0.05) is 6.92 Å². The molecule has 3 aromatic heterocycles. The first-order valence-corrected chi connectivity index (χ1v) is 11.2. The molecule has 0 unspecified atom stereocenters. The minimum absolute atomic E-state index is 0.0594. The van der Waals surface area contributed by atoms with E-state index in [2.05, 4.69) is 25.3 Å². The number of aromatic nitrogens is 5. The van der Waals surface area contributed by atoms with Gasteiger partial charge in [-0.05, 0) is 44.0 Å². The van der Waals surface area contributed by atoms with E-state index in [1.165, 1.54) is 12.3 Å². The normalized spacial score (nSPS) is 12.9. The molecule has 0 spiro atoms. The lowest BCUT2D eigenvalue weighted by Crippen LogP contribution is -2.28. The van der Waals surface area contributed by atoms with Crippen molar-refractivity contribution in [3.05, 3.63) is 45.4 Å². The van der Waals surface area contributed by atoms with Crippen molar-refractivity contribution in [1.29, 1.82) is 0 Å². The van der Waals surface area contributed by atoms with Crippen molar-refractivity contribution in [2.45, 2.75) is 44.7 Å². The lowest BCUT2D eigenvalue weighted by atomic mass is 10.2. The number of nitrogens with one attached hydrogen (secondary N) is 1. The highest BCUT2D eigenvalue weighted by atomic mass is 35.5. The number of rotatable bonds is 6. The Hall–Kier alpha value is -2.59. The molecule has 1 atom stereocenters. The average molecular weight is 437 g/mol. The molecule has 0 amide bonds. The first-order valence-electron chi connectivity index (χ1n) is 8.97. The molecule has 0 aromatic carbocycles. The molecular formula is C18H21ClN6O3S. The smallest absolute Gasteiger partial charge is 0.295 e. The van der Waals surface area contributed by atoms with Crippen LogP contribution in [0.4, 0.5) is 5.82 Å². The zero-order valence-electron chi connectivity index (χ0n) is 16.5. The van der Waals surface area contributed by atoms with Gasteiger partial charge in [0.1, 0.15) is 5.52 Å². The number of anilines is 1. The number of sulfone groups is 1. The fourth-order valence-electron chi connectivity index (χ4n) is 2.80. The Morgan fingerprint density at radius 2 is 1.97 bits per heavy atom. The van der Waals surface area contributed by atoms with E-state index in [9.17, 15) is 13.2 Å². The first-order chi connectivity index (χ1) is 13.6. The van der Waals surface area contributed by atoms with E-state index in [1.54, 1.807) is 17.6 Å². The third-order valence-corrected chi connectivity index (χ3v) is 5.85. The zero-order chi connectivity index (χ0) is 21.3. The Morgan fingerprint density at radius 1 is 1.24 bits per heavy atom. The van der Waals surface area contributed by atoms with Crippen LogP contribution in [-0.2, 0) is 16.4 Å². The Balaban J connectivity index is 2.01. The molecule has 9 nitrogen and oxygen atoms in total. The predicted molar refractivity (Wildman–Crippen MR) is 111 cm³/mol. The van der Waals surface area contributed by atoms with Crippen LogP contribution >= 0.6 is 11.6 Å². The standard InChI is InChI=1S/C18H21ClN6O3S/c1-5-10(2)25-16-14(11(3)22-18(19)24-16)23-15(17(25)26)21-8-12-6-7-13(9-20-12)29(4,27)28/h6-7,9-10H,5,8H2,1-4H3,(H,21,23)/t10-/m0/s1. The van der Waals surface area contributed by atoms with E-state index < -0.39 is 9.84 Å². The van der Waals surface area contributed by atoms with Crippen LogP contribution in [0.15, 0.2) is 28.0 Å². The van der Waals surface area contributed by atoms with Gasteiger partial charge in [0.05, 0.1) is 22.8 Å². The van der Waals surface area contributed by atoms with Crippen LogP contribution in [0.25, 0.3) is 11.2 Å². The number of hydrogen-bond acceptors (Lipinski definition) is 8. The second-order valence-corrected chi connectivity index (χ2v) is 9.11. The number of pyridine rings is 1. The number of nitrogens with zero attached hydrogens (tertiary/aromatic N) is 5. The minimum Gasteiger partial charge on any atom is -0.360 e. The fourth-order valence-corrected chi connectivity index (χ4v) is 3.57. The average Bonchev–Trinajstić information content (AvgIpc) is 2.65. The summed E-state index contributed by atoms with van der Waals surface area (Å²) >= 11 is 5.99. The summed E-state index contributed by atoms with van der Waals surface area (Å²) in [4.78, 5) is 30.1. The maximum Gasteiger partial charge on any atom is 0.295 e. The Morgan fingerprint density at radius 3 is 2.55 bits per heavy atom. The molecule has 1 N–H and O–H groups in total. The highest BCUT2D eigenvalue weighted by molar-refractivity contribution is 7.90. The summed E-state index contributed by atoms with van der Waals surface area (Å²) in [5.74, 6) is 0.140. The molecule has 29 heavy (non-hydrogen) atoms. The van der Waals surface area contributed by atoms with Gasteiger partial charge in [-0.2, -0.15) is 4.98 Å². The predicted octanol–water partition coefficient (Wildman–Crippen LogP) is 2.53. The fraction of sp³-hybridized carbons (Fsp3) is 0.389. The topological polar surface area (TPSA) is 120 Å². The maximum atomic E-state index is 13.0. The number of hydrogen-bond donors (Lipinski definition) is 1. The maximum absolute atomic E-state index is 13.0. The van der Waals surface area contributed by atoms with Gasteiger partial charge in [0.15, 0.2) is 21.3 Å². The zero-order valence-corrected chi connectivity index (χ0v) is 18.0. The van der Waals surface area contributed by atoms with E-state index in [0.29, 0.717) is 29.0 Å². The second kappa shape index (κ2) is 8.03. The van der Waals surface area contributed by atoms with Crippen molar-refractivity contribution in [3.8, 4) is 0 Å². The van der Waals surface area contributed by atoms with Gasteiger partial charge in [-0.3, -0.25) is 14.3 Å². The third kappa shape index (κ3) is 4.38.